The van der Waals surface area contributed by atoms with Gasteiger partial charge in [0.2, 0.25) is 0 Å². The number of urea groups is 1. The molecule has 2 aromatic heterocycles. The van der Waals surface area contributed by atoms with E-state index in [9.17, 15) is 4.79 Å². The van der Waals surface area contributed by atoms with Crippen LogP contribution in [0, 0.1) is 0 Å². The molecule has 2 aromatic carbocycles. The molecule has 0 aliphatic carbocycles. The van der Waals surface area contributed by atoms with Gasteiger partial charge in [0.25, 0.3) is 0 Å². The van der Waals surface area contributed by atoms with Crippen LogP contribution >= 0.6 is 11.6 Å². The van der Waals surface area contributed by atoms with E-state index >= 15 is 0 Å². The van der Waals surface area contributed by atoms with Crippen LogP contribution in [0.3, 0.4) is 0 Å². The highest BCUT2D eigenvalue weighted by molar-refractivity contribution is 6.32. The molecule has 33 heavy (non-hydrogen) atoms. The van der Waals surface area contributed by atoms with Crippen molar-refractivity contribution >= 4 is 34.2 Å². The van der Waals surface area contributed by atoms with Crippen LogP contribution in [0.5, 0.6) is 11.5 Å². The number of halogens is 1. The van der Waals surface area contributed by atoms with Crippen molar-refractivity contribution in [2.45, 2.75) is 5.92 Å². The number of rotatable bonds is 7. The Hall–Kier alpha value is -3.71. The molecule has 0 aliphatic heterocycles. The highest BCUT2D eigenvalue weighted by Gasteiger charge is 2.21. The van der Waals surface area contributed by atoms with Crippen molar-refractivity contribution in [3.05, 3.63) is 83.3 Å². The summed E-state index contributed by atoms with van der Waals surface area (Å²) < 4.78 is 12.7. The predicted octanol–water partition coefficient (Wildman–Crippen LogP) is 5.20. The molecule has 0 fully saturated rings. The average Bonchev–Trinajstić information content (AvgIpc) is 3.16. The number of anilines is 1. The van der Waals surface area contributed by atoms with Crippen LogP contribution in [-0.2, 0) is 7.05 Å². The first-order chi connectivity index (χ1) is 16.0. The number of aryl methyl sites for hydroxylation is 1. The van der Waals surface area contributed by atoms with Gasteiger partial charge in [-0.2, -0.15) is 0 Å². The fraction of sp³-hybridized carbons (Fsp3) is 0.200. The molecule has 4 rings (SSSR count). The molecule has 7 nitrogen and oxygen atoms in total. The van der Waals surface area contributed by atoms with E-state index in [4.69, 9.17) is 21.1 Å². The molecule has 2 heterocycles. The molecule has 1 atom stereocenters. The third kappa shape index (κ3) is 4.73. The monoisotopic (exact) mass is 464 g/mol. The normalized spacial score (nSPS) is 11.8. The first-order valence-corrected chi connectivity index (χ1v) is 10.8. The smallest absolute Gasteiger partial charge is 0.319 e. The van der Waals surface area contributed by atoms with Crippen LogP contribution in [0.15, 0.2) is 67.1 Å². The molecule has 1 unspecified atom stereocenters. The Bertz CT molecular complexity index is 1270. The minimum absolute atomic E-state index is 0.0862. The number of carbonyl (C=O) groups excluding carboxylic acids is 1. The maximum atomic E-state index is 12.8. The fourth-order valence-electron chi connectivity index (χ4n) is 3.96. The highest BCUT2D eigenvalue weighted by Crippen LogP contribution is 2.36. The number of nitrogens with zero attached hydrogens (tertiary/aromatic N) is 2. The maximum Gasteiger partial charge on any atom is 0.319 e. The second kappa shape index (κ2) is 9.83. The summed E-state index contributed by atoms with van der Waals surface area (Å²) in [7, 11) is 5.06. The molecule has 8 heteroatoms. The minimum Gasteiger partial charge on any atom is -0.495 e. The van der Waals surface area contributed by atoms with E-state index in [1.165, 1.54) is 14.2 Å². The number of hydrogen-bond donors (Lipinski definition) is 2. The Balaban J connectivity index is 1.58. The summed E-state index contributed by atoms with van der Waals surface area (Å²) in [6, 6.07) is 15.0. The molecular weight excluding hydrogens is 440 g/mol. The van der Waals surface area contributed by atoms with Gasteiger partial charge in [-0.15, -0.1) is 0 Å². The molecule has 0 saturated heterocycles. The second-order valence-corrected chi connectivity index (χ2v) is 7.98. The van der Waals surface area contributed by atoms with Crippen LogP contribution in [0.25, 0.3) is 10.9 Å². The standard InChI is InChI=1S/C25H25ClN4O3/c1-30-15-19(17-8-4-5-9-22(17)30)18(16-7-6-10-27-13-16)14-28-25(31)29-21-11-20(26)23(32-2)12-24(21)33-3/h4-13,15,18H,14H2,1-3H3,(H2,28,29,31). The number of carbonyl (C=O) groups is 1. The van der Waals surface area contributed by atoms with Crippen molar-refractivity contribution in [2.75, 3.05) is 26.1 Å². The van der Waals surface area contributed by atoms with Crippen LogP contribution in [0.1, 0.15) is 17.0 Å². The summed E-state index contributed by atoms with van der Waals surface area (Å²) in [5.41, 5.74) is 3.71. The van der Waals surface area contributed by atoms with Crippen molar-refractivity contribution in [3.8, 4) is 11.5 Å². The van der Waals surface area contributed by atoms with Gasteiger partial charge >= 0.3 is 6.03 Å². The van der Waals surface area contributed by atoms with E-state index in [1.54, 1.807) is 18.3 Å². The van der Waals surface area contributed by atoms with Crippen molar-refractivity contribution < 1.29 is 14.3 Å². The molecule has 0 saturated carbocycles. The van der Waals surface area contributed by atoms with Gasteiger partial charge in [0.15, 0.2) is 0 Å². The lowest BCUT2D eigenvalue weighted by Gasteiger charge is -2.19. The molecule has 4 aromatic rings. The summed E-state index contributed by atoms with van der Waals surface area (Å²) in [5.74, 6) is 0.827. The molecule has 0 aliphatic rings. The van der Waals surface area contributed by atoms with E-state index in [-0.39, 0.29) is 11.9 Å². The van der Waals surface area contributed by atoms with Gasteiger partial charge in [-0.1, -0.05) is 35.9 Å². The zero-order chi connectivity index (χ0) is 23.4. The first-order valence-electron chi connectivity index (χ1n) is 10.4. The van der Waals surface area contributed by atoms with E-state index in [0.29, 0.717) is 28.8 Å². The van der Waals surface area contributed by atoms with Gasteiger partial charge in [0.1, 0.15) is 11.5 Å². The number of aromatic nitrogens is 2. The second-order valence-electron chi connectivity index (χ2n) is 7.57. The minimum atomic E-state index is -0.372. The van der Waals surface area contributed by atoms with Crippen LogP contribution in [0.4, 0.5) is 10.5 Å². The Labute approximate surface area is 197 Å². The third-order valence-electron chi connectivity index (χ3n) is 5.58. The number of hydrogen-bond acceptors (Lipinski definition) is 4. The van der Waals surface area contributed by atoms with Gasteiger partial charge in [-0.25, -0.2) is 4.79 Å². The van der Waals surface area contributed by atoms with Crippen molar-refractivity contribution in [1.82, 2.24) is 14.9 Å². The van der Waals surface area contributed by atoms with E-state index in [2.05, 4.69) is 38.5 Å². The number of methoxy groups -OCH3 is 2. The van der Waals surface area contributed by atoms with E-state index in [0.717, 1.165) is 22.0 Å². The Morgan fingerprint density at radius 2 is 1.91 bits per heavy atom. The molecular formula is C25H25ClN4O3. The Morgan fingerprint density at radius 3 is 2.64 bits per heavy atom. The molecule has 0 bridgehead atoms. The lowest BCUT2D eigenvalue weighted by molar-refractivity contribution is 0.251. The molecule has 0 spiro atoms. The molecule has 0 radical (unpaired) electrons. The Kier molecular flexibility index (Phi) is 6.70. The van der Waals surface area contributed by atoms with Crippen molar-refractivity contribution in [2.24, 2.45) is 7.05 Å². The van der Waals surface area contributed by atoms with Crippen LogP contribution < -0.4 is 20.1 Å². The number of pyridine rings is 1. The topological polar surface area (TPSA) is 77.4 Å². The van der Waals surface area contributed by atoms with Gasteiger partial charge < -0.3 is 24.7 Å². The summed E-state index contributed by atoms with van der Waals surface area (Å²) in [5, 5.41) is 7.31. The summed E-state index contributed by atoms with van der Waals surface area (Å²) in [6.07, 6.45) is 5.68. The number of amides is 2. The number of benzene rings is 2. The van der Waals surface area contributed by atoms with Gasteiger partial charge in [0.05, 0.1) is 24.9 Å². The first kappa shape index (κ1) is 22.5. The van der Waals surface area contributed by atoms with E-state index in [1.807, 2.05) is 37.5 Å². The fourth-order valence-corrected chi connectivity index (χ4v) is 4.20. The molecule has 2 N–H and O–H groups in total. The number of ether oxygens (including phenoxy) is 2. The lowest BCUT2D eigenvalue weighted by Crippen LogP contribution is -2.33. The van der Waals surface area contributed by atoms with Crippen molar-refractivity contribution in [1.29, 1.82) is 0 Å². The Morgan fingerprint density at radius 1 is 1.12 bits per heavy atom. The number of nitrogens with one attached hydrogen (secondary N) is 2. The summed E-state index contributed by atoms with van der Waals surface area (Å²) >= 11 is 6.23. The van der Waals surface area contributed by atoms with Gasteiger partial charge in [-0.3, -0.25) is 4.98 Å². The zero-order valence-corrected chi connectivity index (χ0v) is 19.4. The SMILES string of the molecule is COc1cc(OC)c(NC(=O)NCC(c2cccnc2)c2cn(C)c3ccccc23)cc1Cl. The lowest BCUT2D eigenvalue weighted by atomic mass is 9.92. The molecule has 170 valence electrons. The predicted molar refractivity (Wildman–Crippen MR) is 131 cm³/mol. The summed E-state index contributed by atoms with van der Waals surface area (Å²) in [4.78, 5) is 17.1. The third-order valence-corrected chi connectivity index (χ3v) is 5.87. The maximum absolute atomic E-state index is 12.8. The van der Waals surface area contributed by atoms with Crippen LogP contribution in [-0.4, -0.2) is 36.3 Å². The highest BCUT2D eigenvalue weighted by atomic mass is 35.5. The van der Waals surface area contributed by atoms with Crippen LogP contribution in [0.2, 0.25) is 5.02 Å². The molecule has 2 amide bonds. The quantitative estimate of drug-likeness (QED) is 0.394. The average molecular weight is 465 g/mol. The largest absolute Gasteiger partial charge is 0.495 e. The number of fused-ring (bicyclic) bond motifs is 1. The van der Waals surface area contributed by atoms with E-state index < -0.39 is 0 Å². The van der Waals surface area contributed by atoms with Gasteiger partial charge in [-0.05, 0) is 29.3 Å². The summed E-state index contributed by atoms with van der Waals surface area (Å²) in [6.45, 7) is 0.373. The zero-order valence-electron chi connectivity index (χ0n) is 18.6. The van der Waals surface area contributed by atoms with Gasteiger partial charge in [0, 0.05) is 55.1 Å². The number of para-hydroxylation sites is 1. The van der Waals surface area contributed by atoms with Crippen molar-refractivity contribution in [3.63, 3.8) is 0 Å².